The fourth-order valence-corrected chi connectivity index (χ4v) is 1.63. The Morgan fingerprint density at radius 1 is 1.32 bits per heavy atom. The molecule has 0 bridgehead atoms. The number of hydrogen-bond acceptors (Lipinski definition) is 5. The van der Waals surface area contributed by atoms with Gasteiger partial charge in [0.2, 0.25) is 0 Å². The monoisotopic (exact) mass is 264 g/mol. The Labute approximate surface area is 110 Å². The third-order valence-corrected chi connectivity index (χ3v) is 2.57. The summed E-state index contributed by atoms with van der Waals surface area (Å²) in [6.45, 7) is 1.39. The van der Waals surface area contributed by atoms with E-state index in [9.17, 15) is 4.79 Å². The van der Waals surface area contributed by atoms with Crippen LogP contribution in [0.3, 0.4) is 0 Å². The average molecular weight is 264 g/mol. The molecule has 0 fully saturated rings. The van der Waals surface area contributed by atoms with Crippen LogP contribution in [0.15, 0.2) is 18.2 Å². The molecule has 0 aliphatic heterocycles. The first-order valence-corrected chi connectivity index (χ1v) is 6.08. The second kappa shape index (κ2) is 6.81. The normalized spacial score (nSPS) is 10.8. The topological polar surface area (TPSA) is 100 Å². The maximum absolute atomic E-state index is 11.8. The Hall–Kier alpha value is -1.99. The van der Waals surface area contributed by atoms with Crippen LogP contribution in [0.1, 0.15) is 16.8 Å². The Morgan fingerprint density at radius 2 is 2.16 bits per heavy atom. The summed E-state index contributed by atoms with van der Waals surface area (Å²) in [5.41, 5.74) is 1.95. The van der Waals surface area contributed by atoms with Crippen LogP contribution < -0.4 is 5.32 Å². The molecule has 1 amide bonds. The van der Waals surface area contributed by atoms with Gasteiger partial charge in [-0.25, -0.2) is 0 Å². The number of rotatable bonds is 7. The Morgan fingerprint density at radius 3 is 3.00 bits per heavy atom. The standard InChI is InChI=1S/C12H16N4O3/c17-5-7-19-6-1-4-13-12(18)9-2-3-10-11(8-9)15-16-14-10/h2-3,8,17H,1,4-7H2,(H,13,18)(H,14,15,16). The number of hydrogen-bond donors (Lipinski definition) is 3. The predicted molar refractivity (Wildman–Crippen MR) is 68.7 cm³/mol. The van der Waals surface area contributed by atoms with Gasteiger partial charge in [0, 0.05) is 18.7 Å². The van der Waals surface area contributed by atoms with Gasteiger partial charge in [-0.05, 0) is 24.6 Å². The van der Waals surface area contributed by atoms with E-state index in [-0.39, 0.29) is 12.5 Å². The number of aromatic nitrogens is 3. The number of nitrogens with one attached hydrogen (secondary N) is 2. The lowest BCUT2D eigenvalue weighted by atomic mass is 10.2. The first-order chi connectivity index (χ1) is 9.31. The Balaban J connectivity index is 1.79. The molecule has 0 unspecified atom stereocenters. The van der Waals surface area contributed by atoms with E-state index < -0.39 is 0 Å². The molecule has 7 nitrogen and oxygen atoms in total. The van der Waals surface area contributed by atoms with Crippen LogP contribution in [0.2, 0.25) is 0 Å². The quantitative estimate of drug-likeness (QED) is 0.615. The van der Waals surface area contributed by atoms with Crippen LogP contribution in [0.25, 0.3) is 11.0 Å². The molecule has 0 aliphatic carbocycles. The first-order valence-electron chi connectivity index (χ1n) is 6.08. The van der Waals surface area contributed by atoms with Gasteiger partial charge < -0.3 is 15.2 Å². The number of benzene rings is 1. The van der Waals surface area contributed by atoms with Gasteiger partial charge in [0.25, 0.3) is 5.91 Å². The molecule has 1 aromatic heterocycles. The minimum atomic E-state index is -0.146. The van der Waals surface area contributed by atoms with Crippen molar-refractivity contribution in [2.75, 3.05) is 26.4 Å². The van der Waals surface area contributed by atoms with Crippen LogP contribution in [-0.4, -0.2) is 52.8 Å². The van der Waals surface area contributed by atoms with Crippen molar-refractivity contribution in [3.05, 3.63) is 23.8 Å². The molecule has 0 atom stereocenters. The summed E-state index contributed by atoms with van der Waals surface area (Å²) in [7, 11) is 0. The lowest BCUT2D eigenvalue weighted by molar-refractivity contribution is 0.0867. The zero-order chi connectivity index (χ0) is 13.5. The molecule has 0 saturated carbocycles. The molecule has 2 rings (SSSR count). The maximum atomic E-state index is 11.8. The Kier molecular flexibility index (Phi) is 4.82. The van der Waals surface area contributed by atoms with Crippen LogP contribution in [-0.2, 0) is 4.74 Å². The molecule has 3 N–H and O–H groups in total. The third kappa shape index (κ3) is 3.73. The number of amides is 1. The molecule has 0 aliphatic rings. The van der Waals surface area contributed by atoms with Gasteiger partial charge in [0.05, 0.1) is 13.2 Å². The van der Waals surface area contributed by atoms with Crippen molar-refractivity contribution in [3.8, 4) is 0 Å². The van der Waals surface area contributed by atoms with Crippen molar-refractivity contribution in [2.24, 2.45) is 0 Å². The molecule has 0 spiro atoms. The van der Waals surface area contributed by atoms with Crippen molar-refractivity contribution in [1.82, 2.24) is 20.7 Å². The molecular formula is C12H16N4O3. The molecule has 19 heavy (non-hydrogen) atoms. The molecular weight excluding hydrogens is 248 g/mol. The number of aliphatic hydroxyl groups excluding tert-OH is 1. The highest BCUT2D eigenvalue weighted by molar-refractivity contribution is 5.97. The zero-order valence-electron chi connectivity index (χ0n) is 10.4. The van der Waals surface area contributed by atoms with Gasteiger partial charge in [-0.3, -0.25) is 4.79 Å². The molecule has 1 heterocycles. The fourth-order valence-electron chi connectivity index (χ4n) is 1.63. The van der Waals surface area contributed by atoms with Gasteiger partial charge in [-0.1, -0.05) is 0 Å². The van der Waals surface area contributed by atoms with Gasteiger partial charge in [0.1, 0.15) is 11.0 Å². The van der Waals surface area contributed by atoms with Gasteiger partial charge in [-0.15, -0.1) is 0 Å². The molecule has 2 aromatic rings. The highest BCUT2D eigenvalue weighted by Gasteiger charge is 2.07. The van der Waals surface area contributed by atoms with E-state index >= 15 is 0 Å². The molecule has 0 saturated heterocycles. The average Bonchev–Trinajstić information content (AvgIpc) is 2.89. The van der Waals surface area contributed by atoms with Crippen molar-refractivity contribution in [1.29, 1.82) is 0 Å². The second-order valence-corrected chi connectivity index (χ2v) is 3.97. The molecule has 102 valence electrons. The smallest absolute Gasteiger partial charge is 0.251 e. The largest absolute Gasteiger partial charge is 0.394 e. The highest BCUT2D eigenvalue weighted by Crippen LogP contribution is 2.10. The summed E-state index contributed by atoms with van der Waals surface area (Å²) in [4.78, 5) is 11.8. The van der Waals surface area contributed by atoms with E-state index in [2.05, 4.69) is 20.7 Å². The van der Waals surface area contributed by atoms with E-state index in [1.807, 2.05) is 0 Å². The summed E-state index contributed by atoms with van der Waals surface area (Å²) >= 11 is 0. The number of fused-ring (bicyclic) bond motifs is 1. The van der Waals surface area contributed by atoms with Crippen LogP contribution in [0.4, 0.5) is 0 Å². The lowest BCUT2D eigenvalue weighted by Crippen LogP contribution is -2.25. The number of carbonyl (C=O) groups is 1. The van der Waals surface area contributed by atoms with Gasteiger partial charge >= 0.3 is 0 Å². The lowest BCUT2D eigenvalue weighted by Gasteiger charge is -2.05. The number of carbonyl (C=O) groups excluding carboxylic acids is 1. The van der Waals surface area contributed by atoms with Crippen molar-refractivity contribution < 1.29 is 14.6 Å². The summed E-state index contributed by atoms with van der Waals surface area (Å²) in [5, 5.41) is 21.7. The Bertz CT molecular complexity index is 541. The van der Waals surface area contributed by atoms with Crippen LogP contribution in [0, 0.1) is 0 Å². The van der Waals surface area contributed by atoms with E-state index in [1.54, 1.807) is 18.2 Å². The fraction of sp³-hybridized carbons (Fsp3) is 0.417. The van der Waals surface area contributed by atoms with Crippen molar-refractivity contribution in [2.45, 2.75) is 6.42 Å². The van der Waals surface area contributed by atoms with Crippen LogP contribution in [0.5, 0.6) is 0 Å². The third-order valence-electron chi connectivity index (χ3n) is 2.57. The number of nitrogens with zero attached hydrogens (tertiary/aromatic N) is 2. The molecule has 0 radical (unpaired) electrons. The maximum Gasteiger partial charge on any atom is 0.251 e. The number of H-pyrrole nitrogens is 1. The SMILES string of the molecule is O=C(NCCCOCCO)c1ccc2n[nH]nc2c1. The summed E-state index contributed by atoms with van der Waals surface area (Å²) in [5.74, 6) is -0.146. The summed E-state index contributed by atoms with van der Waals surface area (Å²) in [6, 6.07) is 5.15. The number of aromatic amines is 1. The first kappa shape index (κ1) is 13.4. The van der Waals surface area contributed by atoms with Gasteiger partial charge in [-0.2, -0.15) is 15.4 Å². The number of ether oxygens (including phenoxy) is 1. The number of aliphatic hydroxyl groups is 1. The minimum absolute atomic E-state index is 0.0179. The van der Waals surface area contributed by atoms with Crippen molar-refractivity contribution in [3.63, 3.8) is 0 Å². The van der Waals surface area contributed by atoms with Crippen LogP contribution >= 0.6 is 0 Å². The van der Waals surface area contributed by atoms with E-state index in [4.69, 9.17) is 9.84 Å². The van der Waals surface area contributed by atoms with E-state index in [0.717, 1.165) is 5.52 Å². The molecule has 7 heteroatoms. The predicted octanol–water partition coefficient (Wildman–Crippen LogP) is 0.0867. The van der Waals surface area contributed by atoms with Crippen molar-refractivity contribution >= 4 is 16.9 Å². The molecule has 1 aromatic carbocycles. The second-order valence-electron chi connectivity index (χ2n) is 3.97. The minimum Gasteiger partial charge on any atom is -0.394 e. The highest BCUT2D eigenvalue weighted by atomic mass is 16.5. The zero-order valence-corrected chi connectivity index (χ0v) is 10.4. The summed E-state index contributed by atoms with van der Waals surface area (Å²) < 4.78 is 5.09. The summed E-state index contributed by atoms with van der Waals surface area (Å²) in [6.07, 6.45) is 0.706. The van der Waals surface area contributed by atoms with E-state index in [1.165, 1.54) is 0 Å². The van der Waals surface area contributed by atoms with E-state index in [0.29, 0.717) is 37.3 Å². The van der Waals surface area contributed by atoms with Gasteiger partial charge in [0.15, 0.2) is 0 Å².